The van der Waals surface area contributed by atoms with E-state index in [1.807, 2.05) is 30.3 Å². The lowest BCUT2D eigenvalue weighted by molar-refractivity contribution is -0.130. The molecule has 0 saturated carbocycles. The fourth-order valence-corrected chi connectivity index (χ4v) is 2.95. The monoisotopic (exact) mass is 392 g/mol. The molecule has 0 aliphatic rings. The molecular formula is C22H24N4O3. The first-order valence-electron chi connectivity index (χ1n) is 9.25. The maximum atomic E-state index is 13.1. The van der Waals surface area contributed by atoms with Crippen LogP contribution < -0.4 is 10.4 Å². The summed E-state index contributed by atoms with van der Waals surface area (Å²) in [6, 6.07) is 16.8. The number of aromatic nitrogens is 3. The molecule has 29 heavy (non-hydrogen) atoms. The molecular weight excluding hydrogens is 368 g/mol. The van der Waals surface area contributed by atoms with E-state index in [9.17, 15) is 9.59 Å². The molecule has 3 aromatic rings. The molecule has 0 atom stereocenters. The zero-order chi connectivity index (χ0) is 20.8. The van der Waals surface area contributed by atoms with Crippen LogP contribution in [0.3, 0.4) is 0 Å². The highest BCUT2D eigenvalue weighted by Gasteiger charge is 2.19. The maximum absolute atomic E-state index is 13.1. The number of rotatable bonds is 8. The maximum Gasteiger partial charge on any atom is 0.351 e. The normalized spacial score (nSPS) is 10.6. The third kappa shape index (κ3) is 4.63. The third-order valence-electron chi connectivity index (χ3n) is 4.58. The van der Waals surface area contributed by atoms with Crippen molar-refractivity contribution in [2.45, 2.75) is 13.0 Å². The minimum atomic E-state index is -0.360. The summed E-state index contributed by atoms with van der Waals surface area (Å²) >= 11 is 0. The van der Waals surface area contributed by atoms with Gasteiger partial charge in [0.15, 0.2) is 0 Å². The summed E-state index contributed by atoms with van der Waals surface area (Å²) in [7, 11) is 3.26. The van der Waals surface area contributed by atoms with Crippen molar-refractivity contribution in [3.63, 3.8) is 0 Å². The van der Waals surface area contributed by atoms with Crippen molar-refractivity contribution < 1.29 is 9.53 Å². The SMILES string of the molecule is C=CCN(C)C(=O)Cn1c(Cc2ccccc2)nn(-c2ccc(OC)cc2)c1=O. The Balaban J connectivity index is 2.00. The smallest absolute Gasteiger partial charge is 0.351 e. The molecule has 0 aliphatic heterocycles. The van der Waals surface area contributed by atoms with Gasteiger partial charge in [-0.2, -0.15) is 4.68 Å². The van der Waals surface area contributed by atoms with Gasteiger partial charge in [-0.3, -0.25) is 9.36 Å². The van der Waals surface area contributed by atoms with Gasteiger partial charge in [0.1, 0.15) is 18.1 Å². The molecule has 2 aromatic carbocycles. The van der Waals surface area contributed by atoms with Gasteiger partial charge in [0.25, 0.3) is 0 Å². The highest BCUT2D eigenvalue weighted by Crippen LogP contribution is 2.14. The van der Waals surface area contributed by atoms with E-state index >= 15 is 0 Å². The summed E-state index contributed by atoms with van der Waals surface area (Å²) in [6.07, 6.45) is 2.09. The van der Waals surface area contributed by atoms with Crippen LogP contribution >= 0.6 is 0 Å². The van der Waals surface area contributed by atoms with Crippen molar-refractivity contribution in [2.75, 3.05) is 20.7 Å². The number of hydrogen-bond donors (Lipinski definition) is 0. The fourth-order valence-electron chi connectivity index (χ4n) is 2.95. The summed E-state index contributed by atoms with van der Waals surface area (Å²) in [4.78, 5) is 27.2. The molecule has 7 nitrogen and oxygen atoms in total. The molecule has 0 unspecified atom stereocenters. The number of carbonyl (C=O) groups excluding carboxylic acids is 1. The fraction of sp³-hybridized carbons (Fsp3) is 0.227. The van der Waals surface area contributed by atoms with Gasteiger partial charge in [-0.1, -0.05) is 36.4 Å². The lowest BCUT2D eigenvalue weighted by atomic mass is 10.1. The van der Waals surface area contributed by atoms with Gasteiger partial charge in [-0.25, -0.2) is 4.79 Å². The highest BCUT2D eigenvalue weighted by atomic mass is 16.5. The Morgan fingerprint density at radius 3 is 2.48 bits per heavy atom. The average molecular weight is 392 g/mol. The second kappa shape index (κ2) is 9.05. The first kappa shape index (κ1) is 20.1. The van der Waals surface area contributed by atoms with E-state index in [0.29, 0.717) is 30.2 Å². The Morgan fingerprint density at radius 1 is 1.17 bits per heavy atom. The third-order valence-corrected chi connectivity index (χ3v) is 4.58. The van der Waals surface area contributed by atoms with Crippen molar-refractivity contribution in [1.29, 1.82) is 0 Å². The lowest BCUT2D eigenvalue weighted by Crippen LogP contribution is -2.35. The molecule has 0 N–H and O–H groups in total. The van der Waals surface area contributed by atoms with Crippen LogP contribution in [0.2, 0.25) is 0 Å². The predicted octanol–water partition coefficient (Wildman–Crippen LogP) is 2.28. The van der Waals surface area contributed by atoms with Crippen LogP contribution in [0.15, 0.2) is 72.0 Å². The standard InChI is InChI=1S/C22H24N4O3/c1-4-14-24(2)21(27)16-25-20(15-17-8-6-5-7-9-17)23-26(22(25)28)18-10-12-19(29-3)13-11-18/h4-13H,1,14-16H2,2-3H3. The quantitative estimate of drug-likeness (QED) is 0.552. The van der Waals surface area contributed by atoms with Crippen LogP contribution in [0.1, 0.15) is 11.4 Å². The predicted molar refractivity (Wildman–Crippen MR) is 111 cm³/mol. The largest absolute Gasteiger partial charge is 0.497 e. The summed E-state index contributed by atoms with van der Waals surface area (Å²) < 4.78 is 7.92. The number of hydrogen-bond acceptors (Lipinski definition) is 4. The van der Waals surface area contributed by atoms with Crippen molar-refractivity contribution in [2.24, 2.45) is 0 Å². The molecule has 150 valence electrons. The molecule has 0 aliphatic carbocycles. The van der Waals surface area contributed by atoms with Gasteiger partial charge < -0.3 is 9.64 Å². The molecule has 0 spiro atoms. The average Bonchev–Trinajstić information content (AvgIpc) is 3.04. The van der Waals surface area contributed by atoms with Crippen molar-refractivity contribution >= 4 is 5.91 Å². The molecule has 1 aromatic heterocycles. The van der Waals surface area contributed by atoms with E-state index in [1.165, 1.54) is 14.1 Å². The molecule has 0 radical (unpaired) electrons. The molecule has 1 heterocycles. The Morgan fingerprint density at radius 2 is 1.86 bits per heavy atom. The zero-order valence-corrected chi connectivity index (χ0v) is 16.6. The summed E-state index contributed by atoms with van der Waals surface area (Å²) in [5.41, 5.74) is 1.25. The van der Waals surface area contributed by atoms with Crippen molar-refractivity contribution in [3.05, 3.63) is 89.1 Å². The van der Waals surface area contributed by atoms with Gasteiger partial charge in [0, 0.05) is 20.0 Å². The van der Waals surface area contributed by atoms with Crippen LogP contribution in [0.25, 0.3) is 5.69 Å². The second-order valence-electron chi connectivity index (χ2n) is 6.62. The summed E-state index contributed by atoms with van der Waals surface area (Å²) in [5.74, 6) is 1.03. The van der Waals surface area contributed by atoms with Gasteiger partial charge in [-0.15, -0.1) is 11.7 Å². The number of carbonyl (C=O) groups is 1. The number of methoxy groups -OCH3 is 1. The Hall–Kier alpha value is -3.61. The number of likely N-dealkylation sites (N-methyl/N-ethyl adjacent to an activating group) is 1. The van der Waals surface area contributed by atoms with Crippen LogP contribution in [0.5, 0.6) is 5.75 Å². The summed E-state index contributed by atoms with van der Waals surface area (Å²) in [5, 5.41) is 4.52. The molecule has 3 rings (SSSR count). The molecule has 1 amide bonds. The van der Waals surface area contributed by atoms with Crippen molar-refractivity contribution in [1.82, 2.24) is 19.2 Å². The first-order valence-corrected chi connectivity index (χ1v) is 9.25. The molecule has 0 saturated heterocycles. The van der Waals surface area contributed by atoms with Gasteiger partial charge >= 0.3 is 5.69 Å². The number of amides is 1. The minimum Gasteiger partial charge on any atom is -0.497 e. The first-order chi connectivity index (χ1) is 14.0. The van der Waals surface area contributed by atoms with E-state index in [-0.39, 0.29) is 18.1 Å². The van der Waals surface area contributed by atoms with E-state index < -0.39 is 0 Å². The van der Waals surface area contributed by atoms with E-state index in [2.05, 4.69) is 11.7 Å². The topological polar surface area (TPSA) is 69.4 Å². The van der Waals surface area contributed by atoms with E-state index in [4.69, 9.17) is 4.74 Å². The Bertz CT molecular complexity index is 1040. The molecule has 7 heteroatoms. The lowest BCUT2D eigenvalue weighted by Gasteiger charge is -2.15. The summed E-state index contributed by atoms with van der Waals surface area (Å²) in [6.45, 7) is 3.98. The van der Waals surface area contributed by atoms with Gasteiger partial charge in [0.2, 0.25) is 5.91 Å². The Labute approximate surface area is 169 Å². The minimum absolute atomic E-state index is 0.0819. The molecule has 0 fully saturated rings. The number of ether oxygens (including phenoxy) is 1. The van der Waals surface area contributed by atoms with Crippen LogP contribution in [-0.4, -0.2) is 45.9 Å². The zero-order valence-electron chi connectivity index (χ0n) is 16.6. The van der Waals surface area contributed by atoms with Crippen molar-refractivity contribution in [3.8, 4) is 11.4 Å². The number of nitrogens with zero attached hydrogens (tertiary/aromatic N) is 4. The van der Waals surface area contributed by atoms with Gasteiger partial charge in [-0.05, 0) is 29.8 Å². The molecule has 0 bridgehead atoms. The highest BCUT2D eigenvalue weighted by molar-refractivity contribution is 5.75. The second-order valence-corrected chi connectivity index (χ2v) is 6.62. The van der Waals surface area contributed by atoms with E-state index in [0.717, 1.165) is 5.56 Å². The Kier molecular flexibility index (Phi) is 6.29. The van der Waals surface area contributed by atoms with E-state index in [1.54, 1.807) is 44.5 Å². The van der Waals surface area contributed by atoms with Crippen LogP contribution in [0.4, 0.5) is 0 Å². The number of benzene rings is 2. The van der Waals surface area contributed by atoms with Gasteiger partial charge in [0.05, 0.1) is 12.8 Å². The van der Waals surface area contributed by atoms with Crippen LogP contribution in [-0.2, 0) is 17.8 Å². The van der Waals surface area contributed by atoms with Crippen LogP contribution in [0, 0.1) is 0 Å².